The Bertz CT molecular complexity index is 377. The molecular formula is C14H24N4O. The number of aromatic nitrogens is 2. The highest BCUT2D eigenvalue weighted by molar-refractivity contribution is 5.39. The molecule has 1 fully saturated rings. The molecule has 2 N–H and O–H groups in total. The molecule has 1 saturated heterocycles. The Labute approximate surface area is 115 Å². The van der Waals surface area contributed by atoms with E-state index in [1.807, 2.05) is 0 Å². The lowest BCUT2D eigenvalue weighted by molar-refractivity contribution is 0.0421. The minimum atomic E-state index is 0.358. The lowest BCUT2D eigenvalue weighted by atomic mass is 10.1. The van der Waals surface area contributed by atoms with E-state index in [4.69, 9.17) is 10.5 Å². The van der Waals surface area contributed by atoms with E-state index in [-0.39, 0.29) is 0 Å². The van der Waals surface area contributed by atoms with Crippen LogP contribution in [0.2, 0.25) is 0 Å². The quantitative estimate of drug-likeness (QED) is 0.841. The van der Waals surface area contributed by atoms with E-state index in [1.54, 1.807) is 6.33 Å². The monoisotopic (exact) mass is 264 g/mol. The topological polar surface area (TPSA) is 64.3 Å². The molecule has 0 saturated carbocycles. The van der Waals surface area contributed by atoms with E-state index in [9.17, 15) is 0 Å². The van der Waals surface area contributed by atoms with Gasteiger partial charge in [0.15, 0.2) is 0 Å². The molecule has 1 aromatic heterocycles. The predicted octanol–water partition coefficient (Wildman–Crippen LogP) is 1.37. The van der Waals surface area contributed by atoms with Crippen LogP contribution in [0.1, 0.15) is 31.9 Å². The van der Waals surface area contributed by atoms with E-state index in [0.717, 1.165) is 50.3 Å². The van der Waals surface area contributed by atoms with Crippen molar-refractivity contribution in [1.29, 1.82) is 0 Å². The van der Waals surface area contributed by atoms with Crippen molar-refractivity contribution in [2.24, 2.45) is 5.73 Å². The van der Waals surface area contributed by atoms with Gasteiger partial charge < -0.3 is 15.4 Å². The Hall–Kier alpha value is -1.20. The van der Waals surface area contributed by atoms with Crippen LogP contribution in [0.15, 0.2) is 12.4 Å². The van der Waals surface area contributed by atoms with Crippen LogP contribution in [0.5, 0.6) is 0 Å². The molecule has 0 aliphatic carbocycles. The highest BCUT2D eigenvalue weighted by atomic mass is 16.5. The van der Waals surface area contributed by atoms with Crippen LogP contribution in [0.3, 0.4) is 0 Å². The summed E-state index contributed by atoms with van der Waals surface area (Å²) in [6.07, 6.45) is 6.27. The molecule has 2 rings (SSSR count). The molecule has 106 valence electrons. The zero-order valence-electron chi connectivity index (χ0n) is 11.7. The minimum Gasteiger partial charge on any atom is -0.377 e. The third-order valence-corrected chi connectivity index (χ3v) is 3.45. The van der Waals surface area contributed by atoms with Gasteiger partial charge in [-0.3, -0.25) is 0 Å². The average Bonchev–Trinajstić information content (AvgIpc) is 2.46. The van der Waals surface area contributed by atoms with Crippen LogP contribution in [0.25, 0.3) is 0 Å². The highest BCUT2D eigenvalue weighted by Crippen LogP contribution is 2.20. The first-order valence-electron chi connectivity index (χ1n) is 7.21. The molecule has 0 amide bonds. The summed E-state index contributed by atoms with van der Waals surface area (Å²) in [4.78, 5) is 11.0. The van der Waals surface area contributed by atoms with Crippen LogP contribution in [0, 0.1) is 0 Å². The normalized spacial score (nSPS) is 16.8. The number of hydrogen-bond donors (Lipinski definition) is 1. The van der Waals surface area contributed by atoms with Gasteiger partial charge in [-0.25, -0.2) is 9.97 Å². The summed E-state index contributed by atoms with van der Waals surface area (Å²) in [7, 11) is 0. The van der Waals surface area contributed by atoms with Gasteiger partial charge in [0, 0.05) is 31.4 Å². The lowest BCUT2D eigenvalue weighted by Crippen LogP contribution is -2.38. The fourth-order valence-corrected chi connectivity index (χ4v) is 2.44. The van der Waals surface area contributed by atoms with E-state index in [0.29, 0.717) is 19.3 Å². The number of aryl methyl sites for hydroxylation is 1. The predicted molar refractivity (Wildman–Crippen MR) is 76.3 cm³/mol. The summed E-state index contributed by atoms with van der Waals surface area (Å²) in [5.74, 6) is 1.05. The van der Waals surface area contributed by atoms with Gasteiger partial charge in [0.2, 0.25) is 0 Å². The number of piperidine rings is 1. The molecule has 0 unspecified atom stereocenters. The van der Waals surface area contributed by atoms with Gasteiger partial charge in [-0.1, -0.05) is 13.3 Å². The largest absolute Gasteiger partial charge is 0.377 e. The fourth-order valence-electron chi connectivity index (χ4n) is 2.44. The number of nitrogens with zero attached hydrogens (tertiary/aromatic N) is 3. The van der Waals surface area contributed by atoms with Crippen molar-refractivity contribution in [3.8, 4) is 0 Å². The number of nitrogens with two attached hydrogens (primary N) is 1. The van der Waals surface area contributed by atoms with E-state index in [2.05, 4.69) is 27.9 Å². The summed E-state index contributed by atoms with van der Waals surface area (Å²) in [5, 5.41) is 0. The SMILES string of the molecule is CCCc1cc(N2CCC(OCCN)CC2)ncn1. The molecule has 1 aromatic rings. The van der Waals surface area contributed by atoms with Gasteiger partial charge in [0.1, 0.15) is 12.1 Å². The maximum atomic E-state index is 5.69. The van der Waals surface area contributed by atoms with Crippen LogP contribution in [0.4, 0.5) is 5.82 Å². The summed E-state index contributed by atoms with van der Waals surface area (Å²) >= 11 is 0. The molecule has 0 aromatic carbocycles. The van der Waals surface area contributed by atoms with Gasteiger partial charge in [0.05, 0.1) is 12.7 Å². The molecule has 1 aliphatic rings. The highest BCUT2D eigenvalue weighted by Gasteiger charge is 2.20. The standard InChI is InChI=1S/C14H24N4O/c1-2-3-12-10-14(17-11-16-12)18-7-4-13(5-8-18)19-9-6-15/h10-11,13H,2-9,15H2,1H3. The molecule has 2 heterocycles. The fraction of sp³-hybridized carbons (Fsp3) is 0.714. The Morgan fingerprint density at radius 1 is 1.37 bits per heavy atom. The van der Waals surface area contributed by atoms with Crippen molar-refractivity contribution in [3.63, 3.8) is 0 Å². The van der Waals surface area contributed by atoms with Gasteiger partial charge in [-0.2, -0.15) is 0 Å². The molecule has 0 spiro atoms. The Kier molecular flexibility index (Phi) is 5.54. The van der Waals surface area contributed by atoms with Gasteiger partial charge in [-0.15, -0.1) is 0 Å². The van der Waals surface area contributed by atoms with Crippen molar-refractivity contribution < 1.29 is 4.74 Å². The second-order valence-electron chi connectivity index (χ2n) is 4.96. The molecule has 0 bridgehead atoms. The molecule has 0 radical (unpaired) electrons. The van der Waals surface area contributed by atoms with Crippen LogP contribution < -0.4 is 10.6 Å². The van der Waals surface area contributed by atoms with Crippen LogP contribution in [-0.4, -0.2) is 42.3 Å². The number of anilines is 1. The molecule has 0 atom stereocenters. The van der Waals surface area contributed by atoms with Crippen molar-refractivity contribution >= 4 is 5.82 Å². The smallest absolute Gasteiger partial charge is 0.132 e. The Morgan fingerprint density at radius 2 is 2.16 bits per heavy atom. The van der Waals surface area contributed by atoms with Crippen LogP contribution >= 0.6 is 0 Å². The average molecular weight is 264 g/mol. The second-order valence-corrected chi connectivity index (χ2v) is 4.96. The first kappa shape index (κ1) is 14.2. The maximum absolute atomic E-state index is 5.69. The third-order valence-electron chi connectivity index (χ3n) is 3.45. The lowest BCUT2D eigenvalue weighted by Gasteiger charge is -2.32. The zero-order valence-corrected chi connectivity index (χ0v) is 11.7. The number of ether oxygens (including phenoxy) is 1. The minimum absolute atomic E-state index is 0.358. The Morgan fingerprint density at radius 3 is 2.84 bits per heavy atom. The first-order valence-corrected chi connectivity index (χ1v) is 7.21. The van der Waals surface area contributed by atoms with Crippen molar-refractivity contribution in [2.45, 2.75) is 38.7 Å². The van der Waals surface area contributed by atoms with Gasteiger partial charge in [-0.05, 0) is 19.3 Å². The molecule has 19 heavy (non-hydrogen) atoms. The first-order chi connectivity index (χ1) is 9.33. The van der Waals surface area contributed by atoms with Crippen molar-refractivity contribution in [2.75, 3.05) is 31.1 Å². The summed E-state index contributed by atoms with van der Waals surface area (Å²) in [5.41, 5.74) is 6.59. The Balaban J connectivity index is 1.88. The molecular weight excluding hydrogens is 240 g/mol. The van der Waals surface area contributed by atoms with Gasteiger partial charge >= 0.3 is 0 Å². The van der Waals surface area contributed by atoms with Gasteiger partial charge in [0.25, 0.3) is 0 Å². The van der Waals surface area contributed by atoms with E-state index < -0.39 is 0 Å². The maximum Gasteiger partial charge on any atom is 0.132 e. The second kappa shape index (κ2) is 7.40. The van der Waals surface area contributed by atoms with E-state index >= 15 is 0 Å². The summed E-state index contributed by atoms with van der Waals surface area (Å²) < 4.78 is 5.69. The van der Waals surface area contributed by atoms with Crippen molar-refractivity contribution in [3.05, 3.63) is 18.1 Å². The van der Waals surface area contributed by atoms with E-state index in [1.165, 1.54) is 0 Å². The number of hydrogen-bond acceptors (Lipinski definition) is 5. The van der Waals surface area contributed by atoms with Crippen LogP contribution in [-0.2, 0) is 11.2 Å². The summed E-state index contributed by atoms with van der Waals surface area (Å²) in [6.45, 7) is 5.43. The molecule has 5 nitrogen and oxygen atoms in total. The zero-order chi connectivity index (χ0) is 13.5. The number of rotatable bonds is 6. The van der Waals surface area contributed by atoms with Crippen molar-refractivity contribution in [1.82, 2.24) is 9.97 Å². The molecule has 1 aliphatic heterocycles. The summed E-state index contributed by atoms with van der Waals surface area (Å²) in [6, 6.07) is 2.12. The third kappa shape index (κ3) is 4.14. The molecule has 5 heteroatoms.